The minimum Gasteiger partial charge on any atom is -0.324 e. The number of carbonyl (C=O) groups is 2. The van der Waals surface area contributed by atoms with Crippen LogP contribution in [0.4, 0.5) is 5.69 Å². The van der Waals surface area contributed by atoms with Crippen LogP contribution in [-0.4, -0.2) is 30.0 Å². The molecule has 166 valence electrons. The smallest absolute Gasteiger partial charge is 0.267 e. The van der Waals surface area contributed by atoms with Crippen LogP contribution in [0, 0.1) is 13.8 Å². The first-order chi connectivity index (χ1) is 15.0. The van der Waals surface area contributed by atoms with E-state index in [0.29, 0.717) is 11.4 Å². The Labute approximate surface area is 185 Å². The molecule has 9 nitrogen and oxygen atoms in total. The lowest BCUT2D eigenvalue weighted by Gasteiger charge is -2.11. The van der Waals surface area contributed by atoms with Gasteiger partial charge in [0.25, 0.3) is 15.6 Å². The Morgan fingerprint density at radius 2 is 1.69 bits per heavy atom. The number of benzene rings is 2. The minimum atomic E-state index is -3.96. The first kappa shape index (κ1) is 22.9. The van der Waals surface area contributed by atoms with Crippen molar-refractivity contribution in [3.05, 3.63) is 76.1 Å². The summed E-state index contributed by atoms with van der Waals surface area (Å²) in [4.78, 5) is 35.5. The van der Waals surface area contributed by atoms with Crippen LogP contribution in [-0.2, 0) is 26.2 Å². The van der Waals surface area contributed by atoms with Crippen LogP contribution < -0.4 is 15.6 Å². The predicted molar refractivity (Wildman–Crippen MR) is 119 cm³/mol. The van der Waals surface area contributed by atoms with Crippen LogP contribution in [0.3, 0.4) is 0 Å². The summed E-state index contributed by atoms with van der Waals surface area (Å²) in [6.07, 6.45) is 0. The molecule has 2 N–H and O–H groups in total. The molecule has 0 bridgehead atoms. The molecule has 2 aromatic carbocycles. The van der Waals surface area contributed by atoms with Gasteiger partial charge in [0, 0.05) is 24.2 Å². The van der Waals surface area contributed by atoms with Gasteiger partial charge in [-0.15, -0.1) is 0 Å². The van der Waals surface area contributed by atoms with E-state index in [2.05, 4.69) is 10.4 Å². The monoisotopic (exact) mass is 454 g/mol. The molecule has 32 heavy (non-hydrogen) atoms. The first-order valence-electron chi connectivity index (χ1n) is 9.64. The lowest BCUT2D eigenvalue weighted by Crippen LogP contribution is -2.29. The highest BCUT2D eigenvalue weighted by Crippen LogP contribution is 2.21. The second-order valence-electron chi connectivity index (χ2n) is 7.27. The van der Waals surface area contributed by atoms with E-state index in [0.717, 1.165) is 28.3 Å². The Kier molecular flexibility index (Phi) is 6.54. The predicted octanol–water partition coefficient (Wildman–Crippen LogP) is 1.99. The Balaban J connectivity index is 1.76. The summed E-state index contributed by atoms with van der Waals surface area (Å²) in [5.74, 6) is -1.21. The molecule has 3 aromatic rings. The van der Waals surface area contributed by atoms with Crippen LogP contribution in [0.15, 0.2) is 64.3 Å². The molecule has 0 saturated carbocycles. The van der Waals surface area contributed by atoms with Crippen molar-refractivity contribution in [1.29, 1.82) is 0 Å². The largest absolute Gasteiger partial charge is 0.324 e. The van der Waals surface area contributed by atoms with E-state index >= 15 is 0 Å². The van der Waals surface area contributed by atoms with Gasteiger partial charge in [-0.05, 0) is 55.8 Å². The number of rotatable bonds is 6. The number of hydrogen-bond donors (Lipinski definition) is 2. The maximum absolute atomic E-state index is 12.4. The van der Waals surface area contributed by atoms with E-state index in [1.54, 1.807) is 6.07 Å². The maximum Gasteiger partial charge on any atom is 0.267 e. The van der Waals surface area contributed by atoms with Gasteiger partial charge in [0.1, 0.15) is 6.54 Å². The van der Waals surface area contributed by atoms with Gasteiger partial charge in [0.2, 0.25) is 11.8 Å². The van der Waals surface area contributed by atoms with Gasteiger partial charge < -0.3 is 5.32 Å². The highest BCUT2D eigenvalue weighted by Gasteiger charge is 2.15. The number of aryl methyl sites for hydroxylation is 2. The maximum atomic E-state index is 12.4. The molecular formula is C22H22N4O5S. The van der Waals surface area contributed by atoms with Crippen LogP contribution in [0.5, 0.6) is 0 Å². The molecule has 0 fully saturated rings. The van der Waals surface area contributed by atoms with E-state index in [9.17, 15) is 22.8 Å². The molecule has 0 aliphatic heterocycles. The SMILES string of the molecule is CC(=O)NS(=O)(=O)c1ccc(NC(=O)Cn2nc(-c3cc(C)ccc3C)ccc2=O)cc1. The molecule has 10 heteroatoms. The van der Waals surface area contributed by atoms with Gasteiger partial charge in [-0.3, -0.25) is 14.4 Å². The van der Waals surface area contributed by atoms with Crippen LogP contribution >= 0.6 is 0 Å². The zero-order valence-corrected chi connectivity index (χ0v) is 18.6. The molecule has 0 spiro atoms. The lowest BCUT2D eigenvalue weighted by atomic mass is 10.0. The third-order valence-electron chi connectivity index (χ3n) is 4.56. The normalized spacial score (nSPS) is 11.1. The van der Waals surface area contributed by atoms with Crippen molar-refractivity contribution in [2.24, 2.45) is 0 Å². The van der Waals surface area contributed by atoms with Gasteiger partial charge in [0.05, 0.1) is 10.6 Å². The quantitative estimate of drug-likeness (QED) is 0.586. The average molecular weight is 455 g/mol. The Morgan fingerprint density at radius 3 is 2.34 bits per heavy atom. The summed E-state index contributed by atoms with van der Waals surface area (Å²) < 4.78 is 26.9. The van der Waals surface area contributed by atoms with E-state index in [1.807, 2.05) is 36.8 Å². The summed E-state index contributed by atoms with van der Waals surface area (Å²) in [5.41, 5.74) is 3.39. The second-order valence-corrected chi connectivity index (χ2v) is 8.95. The van der Waals surface area contributed by atoms with Crippen LogP contribution in [0.2, 0.25) is 0 Å². The molecule has 1 heterocycles. The highest BCUT2D eigenvalue weighted by atomic mass is 32.2. The fourth-order valence-electron chi connectivity index (χ4n) is 3.02. The molecular weight excluding hydrogens is 432 g/mol. The van der Waals surface area contributed by atoms with Gasteiger partial charge in [-0.1, -0.05) is 17.7 Å². The van der Waals surface area contributed by atoms with E-state index in [1.165, 1.54) is 30.3 Å². The van der Waals surface area contributed by atoms with Gasteiger partial charge in [-0.25, -0.2) is 17.8 Å². The lowest BCUT2D eigenvalue weighted by molar-refractivity contribution is -0.118. The standard InChI is InChI=1S/C22H22N4O5S/c1-14-4-5-15(2)19(12-14)20-10-11-22(29)26(24-20)13-21(28)23-17-6-8-18(9-7-17)32(30,31)25-16(3)27/h4-12H,13H2,1-3H3,(H,23,28)(H,25,27). The van der Waals surface area contributed by atoms with Crippen molar-refractivity contribution < 1.29 is 18.0 Å². The van der Waals surface area contributed by atoms with Crippen molar-refractivity contribution in [1.82, 2.24) is 14.5 Å². The van der Waals surface area contributed by atoms with Gasteiger partial charge >= 0.3 is 0 Å². The molecule has 0 aliphatic rings. The topological polar surface area (TPSA) is 127 Å². The third kappa shape index (κ3) is 5.46. The average Bonchev–Trinajstić information content (AvgIpc) is 2.71. The zero-order valence-electron chi connectivity index (χ0n) is 17.7. The molecule has 0 atom stereocenters. The van der Waals surface area contributed by atoms with Crippen molar-refractivity contribution in [2.45, 2.75) is 32.2 Å². The number of amides is 2. The van der Waals surface area contributed by atoms with Crippen LogP contribution in [0.1, 0.15) is 18.1 Å². The molecule has 3 rings (SSSR count). The van der Waals surface area contributed by atoms with Crippen molar-refractivity contribution in [3.63, 3.8) is 0 Å². The Bertz CT molecular complexity index is 1350. The number of anilines is 1. The summed E-state index contributed by atoms with van der Waals surface area (Å²) in [6, 6.07) is 14.2. The van der Waals surface area contributed by atoms with Gasteiger partial charge in [-0.2, -0.15) is 5.10 Å². The summed E-state index contributed by atoms with van der Waals surface area (Å²) >= 11 is 0. The number of carbonyl (C=O) groups excluding carboxylic acids is 2. The number of nitrogens with zero attached hydrogens (tertiary/aromatic N) is 2. The summed E-state index contributed by atoms with van der Waals surface area (Å²) in [7, 11) is -3.96. The number of hydrogen-bond acceptors (Lipinski definition) is 6. The first-order valence-corrected chi connectivity index (χ1v) is 11.1. The Morgan fingerprint density at radius 1 is 1.00 bits per heavy atom. The van der Waals surface area contributed by atoms with Crippen LogP contribution in [0.25, 0.3) is 11.3 Å². The third-order valence-corrected chi connectivity index (χ3v) is 6.00. The summed E-state index contributed by atoms with van der Waals surface area (Å²) in [6.45, 7) is 4.67. The van der Waals surface area contributed by atoms with Crippen molar-refractivity contribution in [3.8, 4) is 11.3 Å². The fourth-order valence-corrected chi connectivity index (χ4v) is 4.01. The van der Waals surface area contributed by atoms with Crippen molar-refractivity contribution >= 4 is 27.5 Å². The molecule has 0 aliphatic carbocycles. The Hall–Kier alpha value is -3.79. The highest BCUT2D eigenvalue weighted by molar-refractivity contribution is 7.90. The molecule has 2 amide bonds. The number of sulfonamides is 1. The molecule has 1 aromatic heterocycles. The number of aromatic nitrogens is 2. The minimum absolute atomic E-state index is 0.121. The molecule has 0 radical (unpaired) electrons. The molecule has 0 saturated heterocycles. The second kappa shape index (κ2) is 9.15. The van der Waals surface area contributed by atoms with Gasteiger partial charge in [0.15, 0.2) is 0 Å². The van der Waals surface area contributed by atoms with Crippen molar-refractivity contribution in [2.75, 3.05) is 5.32 Å². The van der Waals surface area contributed by atoms with E-state index in [4.69, 9.17) is 0 Å². The summed E-state index contributed by atoms with van der Waals surface area (Å²) in [5, 5.41) is 6.92. The van der Waals surface area contributed by atoms with E-state index < -0.39 is 27.4 Å². The zero-order chi connectivity index (χ0) is 23.5. The molecule has 0 unspecified atom stereocenters. The van der Waals surface area contributed by atoms with E-state index in [-0.39, 0.29) is 11.4 Å². The number of nitrogens with one attached hydrogen (secondary N) is 2. The fraction of sp³-hybridized carbons (Fsp3) is 0.182.